The van der Waals surface area contributed by atoms with Gasteiger partial charge in [-0.2, -0.15) is 0 Å². The standard InChI is InChI=1S/C13H16BrNO2/c1-2-3-4-5-8-17-13(16)11-9-10(14)6-7-12(11)15/h3-4,6-7,9H,2,5,8,15H2,1H3/b4-3-. The van der Waals surface area contributed by atoms with Crippen LogP contribution in [0.1, 0.15) is 30.1 Å². The third kappa shape index (κ3) is 4.61. The molecule has 1 rings (SSSR count). The molecule has 0 aliphatic rings. The fraction of sp³-hybridized carbons (Fsp3) is 0.308. The first-order valence-corrected chi connectivity index (χ1v) is 6.31. The van der Waals surface area contributed by atoms with Gasteiger partial charge in [-0.1, -0.05) is 35.0 Å². The zero-order chi connectivity index (χ0) is 12.7. The summed E-state index contributed by atoms with van der Waals surface area (Å²) >= 11 is 3.29. The number of carbonyl (C=O) groups excluding carboxylic acids is 1. The maximum atomic E-state index is 11.7. The Bertz CT molecular complexity index is 416. The molecule has 0 saturated carbocycles. The van der Waals surface area contributed by atoms with Gasteiger partial charge in [-0.05, 0) is 31.0 Å². The fourth-order valence-electron chi connectivity index (χ4n) is 1.29. The second-order valence-electron chi connectivity index (χ2n) is 3.54. The molecule has 0 bridgehead atoms. The van der Waals surface area contributed by atoms with E-state index in [1.807, 2.05) is 12.2 Å². The highest BCUT2D eigenvalue weighted by Crippen LogP contribution is 2.19. The molecule has 0 saturated heterocycles. The molecule has 0 atom stereocenters. The lowest BCUT2D eigenvalue weighted by molar-refractivity contribution is 0.0513. The van der Waals surface area contributed by atoms with E-state index in [0.29, 0.717) is 17.9 Å². The number of rotatable bonds is 5. The van der Waals surface area contributed by atoms with E-state index < -0.39 is 0 Å². The quantitative estimate of drug-likeness (QED) is 0.391. The minimum absolute atomic E-state index is 0.376. The van der Waals surface area contributed by atoms with E-state index in [-0.39, 0.29) is 5.97 Å². The Kier molecular flexibility index (Phi) is 5.77. The van der Waals surface area contributed by atoms with Crippen LogP contribution in [-0.2, 0) is 4.74 Å². The van der Waals surface area contributed by atoms with Crippen molar-refractivity contribution >= 4 is 27.6 Å². The molecule has 4 heteroatoms. The van der Waals surface area contributed by atoms with Gasteiger partial charge in [0.25, 0.3) is 0 Å². The summed E-state index contributed by atoms with van der Waals surface area (Å²) in [5.41, 5.74) is 6.54. The van der Waals surface area contributed by atoms with Crippen LogP contribution in [0.5, 0.6) is 0 Å². The third-order valence-electron chi connectivity index (χ3n) is 2.16. The van der Waals surface area contributed by atoms with E-state index in [9.17, 15) is 4.79 Å². The van der Waals surface area contributed by atoms with Crippen molar-refractivity contribution in [3.05, 3.63) is 40.4 Å². The monoisotopic (exact) mass is 297 g/mol. The molecule has 2 N–H and O–H groups in total. The zero-order valence-corrected chi connectivity index (χ0v) is 11.4. The number of esters is 1. The first kappa shape index (κ1) is 13.8. The van der Waals surface area contributed by atoms with Crippen molar-refractivity contribution in [1.29, 1.82) is 0 Å². The van der Waals surface area contributed by atoms with E-state index >= 15 is 0 Å². The highest BCUT2D eigenvalue weighted by atomic mass is 79.9. The van der Waals surface area contributed by atoms with Crippen molar-refractivity contribution in [2.45, 2.75) is 19.8 Å². The maximum Gasteiger partial charge on any atom is 0.340 e. The first-order valence-electron chi connectivity index (χ1n) is 5.52. The average molecular weight is 298 g/mol. The van der Waals surface area contributed by atoms with Crippen molar-refractivity contribution < 1.29 is 9.53 Å². The Morgan fingerprint density at radius 2 is 2.24 bits per heavy atom. The molecule has 17 heavy (non-hydrogen) atoms. The number of benzene rings is 1. The highest BCUT2D eigenvalue weighted by molar-refractivity contribution is 9.10. The molecule has 0 unspecified atom stereocenters. The topological polar surface area (TPSA) is 52.3 Å². The molecule has 1 aromatic rings. The van der Waals surface area contributed by atoms with Gasteiger partial charge >= 0.3 is 5.97 Å². The largest absolute Gasteiger partial charge is 0.462 e. The van der Waals surface area contributed by atoms with E-state index in [1.54, 1.807) is 18.2 Å². The minimum Gasteiger partial charge on any atom is -0.462 e. The molecule has 0 fully saturated rings. The van der Waals surface area contributed by atoms with Crippen LogP contribution < -0.4 is 5.73 Å². The summed E-state index contributed by atoms with van der Waals surface area (Å²) in [4.78, 5) is 11.7. The van der Waals surface area contributed by atoms with Crippen molar-refractivity contribution in [2.24, 2.45) is 0 Å². The van der Waals surface area contributed by atoms with E-state index in [2.05, 4.69) is 22.9 Å². The van der Waals surface area contributed by atoms with Crippen LogP contribution in [0.15, 0.2) is 34.8 Å². The molecule has 1 aromatic carbocycles. The maximum absolute atomic E-state index is 11.7. The summed E-state index contributed by atoms with van der Waals surface area (Å²) in [5, 5.41) is 0. The van der Waals surface area contributed by atoms with Crippen LogP contribution in [0.3, 0.4) is 0 Å². The van der Waals surface area contributed by atoms with Gasteiger partial charge in [0.2, 0.25) is 0 Å². The molecular formula is C13H16BrNO2. The predicted octanol–water partition coefficient (Wildman–Crippen LogP) is 3.54. The molecular weight excluding hydrogens is 282 g/mol. The Morgan fingerprint density at radius 1 is 1.47 bits per heavy atom. The number of ether oxygens (including phenoxy) is 1. The van der Waals surface area contributed by atoms with Gasteiger partial charge in [0, 0.05) is 10.2 Å². The lowest BCUT2D eigenvalue weighted by atomic mass is 10.2. The van der Waals surface area contributed by atoms with Crippen LogP contribution in [0, 0.1) is 0 Å². The van der Waals surface area contributed by atoms with E-state index in [1.165, 1.54) is 0 Å². The molecule has 0 spiro atoms. The Morgan fingerprint density at radius 3 is 2.94 bits per heavy atom. The zero-order valence-electron chi connectivity index (χ0n) is 9.78. The van der Waals surface area contributed by atoms with E-state index in [0.717, 1.165) is 17.3 Å². The summed E-state index contributed by atoms with van der Waals surface area (Å²) in [5.74, 6) is -0.381. The van der Waals surface area contributed by atoms with Crippen LogP contribution in [0.25, 0.3) is 0 Å². The number of halogens is 1. The van der Waals surface area contributed by atoms with Crippen LogP contribution in [0.2, 0.25) is 0 Å². The van der Waals surface area contributed by atoms with Crippen molar-refractivity contribution in [2.75, 3.05) is 12.3 Å². The lowest BCUT2D eigenvalue weighted by Gasteiger charge is -2.06. The van der Waals surface area contributed by atoms with Gasteiger partial charge in [0.05, 0.1) is 12.2 Å². The number of carbonyl (C=O) groups is 1. The third-order valence-corrected chi connectivity index (χ3v) is 2.65. The lowest BCUT2D eigenvalue weighted by Crippen LogP contribution is -2.08. The molecule has 0 aromatic heterocycles. The molecule has 0 aliphatic carbocycles. The normalized spacial score (nSPS) is 10.7. The summed E-state index contributed by atoms with van der Waals surface area (Å²) in [6, 6.07) is 5.13. The SMILES string of the molecule is CC/C=C\CCOC(=O)c1cc(Br)ccc1N. The molecule has 3 nitrogen and oxygen atoms in total. The summed E-state index contributed by atoms with van der Waals surface area (Å²) in [6.45, 7) is 2.44. The fourth-order valence-corrected chi connectivity index (χ4v) is 1.65. The number of nitrogens with two attached hydrogens (primary N) is 1. The van der Waals surface area contributed by atoms with Crippen LogP contribution >= 0.6 is 15.9 Å². The van der Waals surface area contributed by atoms with Gasteiger partial charge < -0.3 is 10.5 Å². The number of hydrogen-bond donors (Lipinski definition) is 1. The van der Waals surface area contributed by atoms with Crippen molar-refractivity contribution in [1.82, 2.24) is 0 Å². The van der Waals surface area contributed by atoms with Crippen molar-refractivity contribution in [3.8, 4) is 0 Å². The molecule has 92 valence electrons. The summed E-state index contributed by atoms with van der Waals surface area (Å²) in [7, 11) is 0. The van der Waals surface area contributed by atoms with Gasteiger partial charge in [-0.3, -0.25) is 0 Å². The predicted molar refractivity (Wildman–Crippen MR) is 72.9 cm³/mol. The summed E-state index contributed by atoms with van der Waals surface area (Å²) < 4.78 is 5.93. The minimum atomic E-state index is -0.381. The molecule has 0 radical (unpaired) electrons. The summed E-state index contributed by atoms with van der Waals surface area (Å²) in [6.07, 6.45) is 5.76. The number of nitrogen functional groups attached to an aromatic ring is 1. The molecule has 0 heterocycles. The first-order chi connectivity index (χ1) is 8.15. The van der Waals surface area contributed by atoms with Crippen LogP contribution in [0.4, 0.5) is 5.69 Å². The Labute approximate surface area is 110 Å². The van der Waals surface area contributed by atoms with E-state index in [4.69, 9.17) is 10.5 Å². The van der Waals surface area contributed by atoms with Gasteiger partial charge in [0.1, 0.15) is 0 Å². The number of hydrogen-bond acceptors (Lipinski definition) is 3. The molecule has 0 aliphatic heterocycles. The van der Waals surface area contributed by atoms with Crippen molar-refractivity contribution in [3.63, 3.8) is 0 Å². The molecule has 0 amide bonds. The Balaban J connectivity index is 2.52. The highest BCUT2D eigenvalue weighted by Gasteiger charge is 2.10. The number of anilines is 1. The second kappa shape index (κ2) is 7.12. The van der Waals surface area contributed by atoms with Crippen LogP contribution in [-0.4, -0.2) is 12.6 Å². The smallest absolute Gasteiger partial charge is 0.340 e. The average Bonchev–Trinajstić information content (AvgIpc) is 2.32. The number of allylic oxidation sites excluding steroid dienone is 1. The van der Waals surface area contributed by atoms with Gasteiger partial charge in [-0.25, -0.2) is 4.79 Å². The van der Waals surface area contributed by atoms with Gasteiger partial charge in [0.15, 0.2) is 0 Å². The second-order valence-corrected chi connectivity index (χ2v) is 4.45. The Hall–Kier alpha value is -1.29. The van der Waals surface area contributed by atoms with Gasteiger partial charge in [-0.15, -0.1) is 0 Å².